The predicted molar refractivity (Wildman–Crippen MR) is 204 cm³/mol. The lowest BCUT2D eigenvalue weighted by atomic mass is 9.90. The van der Waals surface area contributed by atoms with Gasteiger partial charge in [0, 0.05) is 19.6 Å². The van der Waals surface area contributed by atoms with Gasteiger partial charge in [-0.3, -0.25) is 33.2 Å². The van der Waals surface area contributed by atoms with Gasteiger partial charge in [-0.25, -0.2) is 25.3 Å². The number of hydrogen-bond acceptors (Lipinski definition) is 15. The van der Waals surface area contributed by atoms with Crippen LogP contribution in [0.25, 0.3) is 0 Å². The van der Waals surface area contributed by atoms with Crippen molar-refractivity contribution >= 4 is 57.1 Å². The van der Waals surface area contributed by atoms with Gasteiger partial charge in [0.2, 0.25) is 6.29 Å². The summed E-state index contributed by atoms with van der Waals surface area (Å²) in [5.41, 5.74) is 4.12. The van der Waals surface area contributed by atoms with E-state index in [2.05, 4.69) is 19.5 Å². The molecule has 0 aromatic heterocycles. The van der Waals surface area contributed by atoms with Gasteiger partial charge in [-0.15, -0.1) is 8.57 Å². The second-order valence-electron chi connectivity index (χ2n) is 16.6. The number of carbonyl (C=O) groups is 6. The van der Waals surface area contributed by atoms with E-state index in [0.717, 1.165) is 25.7 Å². The zero-order valence-electron chi connectivity index (χ0n) is 34.8. The molecule has 5 saturated heterocycles. The molecule has 0 spiro atoms. The number of nitrogens with zero attached hydrogens (tertiary/aromatic N) is 5. The second kappa shape index (κ2) is 21.7. The summed E-state index contributed by atoms with van der Waals surface area (Å²) < 4.78 is 107. The number of halogens is 3. The molecule has 5 atom stereocenters. The summed E-state index contributed by atoms with van der Waals surface area (Å²) in [4.78, 5) is 85.4. The molecule has 29 heteroatoms. The van der Waals surface area contributed by atoms with Crippen molar-refractivity contribution in [1.29, 1.82) is 0 Å². The largest absolute Gasteiger partial charge is 0.446 e. The smallest absolute Gasteiger partial charge is 0.444 e. The topological polar surface area (TPSA) is 298 Å². The molecule has 63 heavy (non-hydrogen) atoms. The first-order valence-corrected chi connectivity index (χ1v) is 22.9. The molecule has 6 rings (SSSR count). The van der Waals surface area contributed by atoms with Crippen molar-refractivity contribution in [2.24, 2.45) is 5.92 Å². The van der Waals surface area contributed by atoms with Gasteiger partial charge in [0.1, 0.15) is 17.7 Å². The molecular weight excluding hydrogens is 900 g/mol. The van der Waals surface area contributed by atoms with Gasteiger partial charge >= 0.3 is 45.1 Å². The first-order valence-electron chi connectivity index (χ1n) is 20.2. The van der Waals surface area contributed by atoms with Gasteiger partial charge in [0.15, 0.2) is 0 Å². The Balaban J connectivity index is 0.000000250. The number of fused-ring (bicyclic) bond motifs is 4. The van der Waals surface area contributed by atoms with Gasteiger partial charge in [-0.2, -0.15) is 40.1 Å². The van der Waals surface area contributed by atoms with Gasteiger partial charge in [-0.1, -0.05) is 19.3 Å². The Kier molecular flexibility index (Phi) is 17.7. The highest BCUT2D eigenvalue weighted by atomic mass is 32.3. The number of likely N-dealkylation sites (tertiary alicyclic amines) is 1. The van der Waals surface area contributed by atoms with E-state index in [1.807, 2.05) is 0 Å². The van der Waals surface area contributed by atoms with Crippen LogP contribution in [0, 0.1) is 5.92 Å². The molecule has 1 unspecified atom stereocenters. The van der Waals surface area contributed by atoms with Crippen molar-refractivity contribution in [3.05, 3.63) is 0 Å². The van der Waals surface area contributed by atoms with Crippen molar-refractivity contribution in [2.75, 3.05) is 32.8 Å². The molecule has 0 aromatic carbocycles. The van der Waals surface area contributed by atoms with Crippen LogP contribution in [-0.4, -0.2) is 162 Å². The third kappa shape index (κ3) is 15.8. The van der Waals surface area contributed by atoms with E-state index < -0.39 is 93.0 Å². The highest BCUT2D eigenvalue weighted by molar-refractivity contribution is 7.81. The number of piperidine rings is 3. The molecule has 7 amide bonds. The van der Waals surface area contributed by atoms with E-state index in [0.29, 0.717) is 54.9 Å². The Bertz CT molecular complexity index is 1870. The number of nitrogens with one attached hydrogen (secondary N) is 2. The van der Waals surface area contributed by atoms with Crippen LogP contribution in [-0.2, 0) is 58.2 Å². The minimum absolute atomic E-state index is 0.0618. The average molecular weight is 954 g/mol. The summed E-state index contributed by atoms with van der Waals surface area (Å²) in [5, 5.41) is 1.19. The third-order valence-electron chi connectivity index (χ3n) is 10.7. The molecule has 360 valence electrons. The summed E-state index contributed by atoms with van der Waals surface area (Å²) >= 11 is 0. The fraction of sp³-hybridized carbons (Fsp3) is 0.824. The van der Waals surface area contributed by atoms with Crippen LogP contribution in [0.2, 0.25) is 0 Å². The van der Waals surface area contributed by atoms with Gasteiger partial charge < -0.3 is 19.4 Å². The summed E-state index contributed by atoms with van der Waals surface area (Å²) in [6.07, 6.45) is 3.44. The predicted octanol–water partition coefficient (Wildman–Crippen LogP) is 2.19. The molecule has 6 fully saturated rings. The Hall–Kier alpha value is -4.13. The number of aldehydes is 1. The summed E-state index contributed by atoms with van der Waals surface area (Å²) in [6, 6.07) is -4.56. The molecule has 1 saturated carbocycles. The van der Waals surface area contributed by atoms with E-state index in [-0.39, 0.29) is 32.2 Å². The van der Waals surface area contributed by atoms with Gasteiger partial charge in [-0.05, 0) is 84.5 Å². The fourth-order valence-electron chi connectivity index (χ4n) is 7.87. The van der Waals surface area contributed by atoms with E-state index in [4.69, 9.17) is 28.3 Å². The highest BCUT2D eigenvalue weighted by Crippen LogP contribution is 2.32. The fourth-order valence-corrected chi connectivity index (χ4v) is 8.65. The van der Waals surface area contributed by atoms with E-state index >= 15 is 0 Å². The van der Waals surface area contributed by atoms with Crippen LogP contribution in [0.4, 0.5) is 27.6 Å². The van der Waals surface area contributed by atoms with Crippen LogP contribution >= 0.6 is 0 Å². The maximum atomic E-state index is 12.6. The monoisotopic (exact) mass is 953 g/mol. The van der Waals surface area contributed by atoms with Crippen LogP contribution in [0.15, 0.2) is 0 Å². The molecule has 4 N–H and O–H groups in total. The van der Waals surface area contributed by atoms with Crippen LogP contribution in [0.5, 0.6) is 0 Å². The number of rotatable bonds is 12. The maximum absolute atomic E-state index is 12.6. The molecule has 4 bridgehead atoms. The third-order valence-corrected chi connectivity index (χ3v) is 11.4. The summed E-state index contributed by atoms with van der Waals surface area (Å²) in [6.45, 7) is 6.66. The van der Waals surface area contributed by atoms with Crippen molar-refractivity contribution < 1.29 is 90.9 Å². The molecule has 5 aliphatic heterocycles. The number of alkyl halides is 3. The minimum atomic E-state index is -4.86. The van der Waals surface area contributed by atoms with Crippen molar-refractivity contribution in [2.45, 2.75) is 140 Å². The Labute approximate surface area is 361 Å². The molecule has 6 aliphatic rings. The Morgan fingerprint density at radius 2 is 1.16 bits per heavy atom. The second-order valence-corrected chi connectivity index (χ2v) is 18.6. The zero-order valence-corrected chi connectivity index (χ0v) is 36.4. The first kappa shape index (κ1) is 51.5. The standard InChI is InChI=1S/C18H30N4O9S.C14H23N3O7S.C2HF3O/c1-18(2,3)30-17(25)20-9-5-4-6-13(20)11-29-19-15(23)14-8-7-12-10-21(14)16(24)22(12)31-32(26,27)28;18-13(15-23-9-10-4-2-1-3-5-10)12-7-6-11-8-16(12)14(19)17(11)24-25(20,21)22;3-2(4,5)1-6/h12-14H,4-11H2,1-3H3,(H,19,23)(H,26,27,28);10-12H,1-9H2,(H,15,18)(H,20,21,22);1H/t12-,13?,14+;11-,12+;/m11./s1. The highest BCUT2D eigenvalue weighted by Gasteiger charge is 2.51. The number of amides is 7. The molecule has 0 aromatic rings. The normalized spacial score (nSPS) is 25.4. The van der Waals surface area contributed by atoms with Crippen molar-refractivity contribution in [3.8, 4) is 0 Å². The molecule has 24 nitrogen and oxygen atoms in total. The van der Waals surface area contributed by atoms with Gasteiger partial charge in [0.05, 0.1) is 31.3 Å². The number of urea groups is 2. The summed E-state index contributed by atoms with van der Waals surface area (Å²) in [5.74, 6) is -0.557. The quantitative estimate of drug-likeness (QED) is 0.124. The average Bonchev–Trinajstić information content (AvgIpc) is 3.56. The molecular formula is C34H54F3N7O17S2. The Morgan fingerprint density at radius 1 is 0.714 bits per heavy atom. The van der Waals surface area contributed by atoms with Crippen molar-refractivity contribution in [3.63, 3.8) is 0 Å². The summed E-state index contributed by atoms with van der Waals surface area (Å²) in [7, 11) is -9.65. The van der Waals surface area contributed by atoms with Crippen LogP contribution < -0.4 is 11.0 Å². The molecule has 5 heterocycles. The van der Waals surface area contributed by atoms with E-state index in [1.54, 1.807) is 25.7 Å². The number of ether oxygens (including phenoxy) is 1. The zero-order chi connectivity index (χ0) is 46.9. The maximum Gasteiger partial charge on any atom is 0.446 e. The Morgan fingerprint density at radius 3 is 1.59 bits per heavy atom. The first-order chi connectivity index (χ1) is 29.3. The SMILES string of the molecule is CC(C)(C)OC(=O)N1CCCCC1CONC(=O)[C@@H]1CC[C@@H]2CN1C(=O)N2OS(=O)(=O)O.O=C(NOCC1CCCCC1)[C@@H]1CC[C@@H]2CN1C(=O)N2OS(=O)(=O)O.O=CC(F)(F)F. The minimum Gasteiger partial charge on any atom is -0.444 e. The lowest BCUT2D eigenvalue weighted by Crippen LogP contribution is -2.52. The van der Waals surface area contributed by atoms with Crippen molar-refractivity contribution in [1.82, 2.24) is 35.8 Å². The lowest BCUT2D eigenvalue weighted by Gasteiger charge is -2.36. The number of carbonyl (C=O) groups excluding carboxylic acids is 6. The van der Waals surface area contributed by atoms with Crippen LogP contribution in [0.1, 0.15) is 97.8 Å². The molecule has 0 radical (unpaired) electrons. The molecule has 1 aliphatic carbocycles. The van der Waals surface area contributed by atoms with Crippen LogP contribution in [0.3, 0.4) is 0 Å². The van der Waals surface area contributed by atoms with Gasteiger partial charge in [0.25, 0.3) is 11.8 Å². The van der Waals surface area contributed by atoms with E-state index in [9.17, 15) is 54.0 Å². The number of hydrogen-bond donors (Lipinski definition) is 4. The van der Waals surface area contributed by atoms with E-state index in [1.165, 1.54) is 29.1 Å². The number of hydroxylamine groups is 6. The lowest BCUT2D eigenvalue weighted by molar-refractivity contribution is -0.156.